The Labute approximate surface area is 145 Å². The van der Waals surface area contributed by atoms with Gasteiger partial charge in [0.1, 0.15) is 23.2 Å². The number of hydrogen-bond donors (Lipinski definition) is 1. The lowest BCUT2D eigenvalue weighted by molar-refractivity contribution is 0.451. The number of nitrogens with zero attached hydrogens (tertiary/aromatic N) is 3. The highest BCUT2D eigenvalue weighted by atomic mass is 16.5. The van der Waals surface area contributed by atoms with Crippen molar-refractivity contribution < 1.29 is 4.52 Å². The molecule has 0 saturated heterocycles. The molecule has 2 aromatic heterocycles. The fourth-order valence-electron chi connectivity index (χ4n) is 2.83. The molecule has 0 spiro atoms. The minimum Gasteiger partial charge on any atom is -0.365 e. The molecule has 4 aromatic rings. The van der Waals surface area contributed by atoms with Gasteiger partial charge in [-0.15, -0.1) is 0 Å². The number of aromatic nitrogens is 3. The van der Waals surface area contributed by atoms with Crippen molar-refractivity contribution in [2.75, 3.05) is 5.32 Å². The van der Waals surface area contributed by atoms with Crippen molar-refractivity contribution in [1.82, 2.24) is 15.1 Å². The molecule has 2 heterocycles. The van der Waals surface area contributed by atoms with Gasteiger partial charge >= 0.3 is 0 Å². The molecular weight excluding hydrogens is 312 g/mol. The molecule has 0 atom stereocenters. The summed E-state index contributed by atoms with van der Waals surface area (Å²) in [5.74, 6) is 0.727. The molecule has 4 rings (SSSR count). The van der Waals surface area contributed by atoms with E-state index in [-0.39, 0.29) is 0 Å². The molecule has 0 amide bonds. The molecule has 5 nitrogen and oxygen atoms in total. The fraction of sp³-hybridized carbons (Fsp3) is 0.150. The van der Waals surface area contributed by atoms with Gasteiger partial charge in [0.2, 0.25) is 0 Å². The molecule has 0 fully saturated rings. The van der Waals surface area contributed by atoms with E-state index in [2.05, 4.69) is 64.6 Å². The lowest BCUT2D eigenvalue weighted by atomic mass is 10.0. The Bertz CT molecular complexity index is 1020. The first-order chi connectivity index (χ1) is 12.2. The number of hydrogen-bond acceptors (Lipinski definition) is 5. The van der Waals surface area contributed by atoms with Crippen LogP contribution in [0.25, 0.3) is 22.4 Å². The van der Waals surface area contributed by atoms with Crippen molar-refractivity contribution >= 4 is 16.9 Å². The largest absolute Gasteiger partial charge is 0.365 e. The maximum Gasteiger partial charge on any atom is 0.263 e. The highest BCUT2D eigenvalue weighted by molar-refractivity contribution is 5.98. The molecule has 1 N–H and O–H groups in total. The van der Waals surface area contributed by atoms with Crippen LogP contribution in [0.1, 0.15) is 16.7 Å². The first-order valence-corrected chi connectivity index (χ1v) is 8.18. The predicted octanol–water partition coefficient (Wildman–Crippen LogP) is 4.51. The SMILES string of the molecule is Cc1ccc(CNc2ncnc3onc(-c4ccccc4C)c23)cc1. The van der Waals surface area contributed by atoms with E-state index in [1.54, 1.807) is 0 Å². The standard InChI is InChI=1S/C20H18N4O/c1-13-7-9-15(10-8-13)11-21-19-17-18(16-6-4-3-5-14(16)2)24-25-20(17)23-12-22-19/h3-10,12H,11H2,1-2H3,(H,21,22,23). The van der Waals surface area contributed by atoms with E-state index in [0.717, 1.165) is 28.0 Å². The van der Waals surface area contributed by atoms with Crippen LogP contribution < -0.4 is 5.32 Å². The highest BCUT2D eigenvalue weighted by Gasteiger charge is 2.17. The van der Waals surface area contributed by atoms with Crippen molar-refractivity contribution in [1.29, 1.82) is 0 Å². The Morgan fingerprint density at radius 3 is 2.56 bits per heavy atom. The molecule has 0 aliphatic rings. The highest BCUT2D eigenvalue weighted by Crippen LogP contribution is 2.32. The number of fused-ring (bicyclic) bond motifs is 1. The molecule has 0 saturated carbocycles. The first kappa shape index (κ1) is 15.3. The fourth-order valence-corrected chi connectivity index (χ4v) is 2.83. The zero-order chi connectivity index (χ0) is 17.2. The summed E-state index contributed by atoms with van der Waals surface area (Å²) in [7, 11) is 0. The Morgan fingerprint density at radius 2 is 1.76 bits per heavy atom. The van der Waals surface area contributed by atoms with Crippen LogP contribution in [0.3, 0.4) is 0 Å². The number of anilines is 1. The number of nitrogens with one attached hydrogen (secondary N) is 1. The van der Waals surface area contributed by atoms with Crippen LogP contribution in [0.5, 0.6) is 0 Å². The third-order valence-corrected chi connectivity index (χ3v) is 4.25. The van der Waals surface area contributed by atoms with Crippen molar-refractivity contribution in [3.8, 4) is 11.3 Å². The van der Waals surface area contributed by atoms with Gasteiger partial charge in [0.05, 0.1) is 0 Å². The normalized spacial score (nSPS) is 11.0. The van der Waals surface area contributed by atoms with Gasteiger partial charge in [0.25, 0.3) is 5.71 Å². The van der Waals surface area contributed by atoms with Gasteiger partial charge in [-0.3, -0.25) is 0 Å². The summed E-state index contributed by atoms with van der Waals surface area (Å²) < 4.78 is 5.43. The molecule has 2 aromatic carbocycles. The van der Waals surface area contributed by atoms with E-state index in [1.807, 2.05) is 18.2 Å². The maximum atomic E-state index is 5.43. The summed E-state index contributed by atoms with van der Waals surface area (Å²) >= 11 is 0. The molecule has 5 heteroatoms. The van der Waals surface area contributed by atoms with Crippen molar-refractivity contribution in [3.05, 3.63) is 71.5 Å². The molecular formula is C20H18N4O. The van der Waals surface area contributed by atoms with Gasteiger partial charge in [-0.25, -0.2) is 4.98 Å². The zero-order valence-electron chi connectivity index (χ0n) is 14.2. The van der Waals surface area contributed by atoms with Crippen molar-refractivity contribution in [2.24, 2.45) is 0 Å². The minimum atomic E-state index is 0.486. The van der Waals surface area contributed by atoms with Gasteiger partial charge < -0.3 is 9.84 Å². The minimum absolute atomic E-state index is 0.486. The first-order valence-electron chi connectivity index (χ1n) is 8.18. The average molecular weight is 330 g/mol. The van der Waals surface area contributed by atoms with E-state index >= 15 is 0 Å². The molecule has 25 heavy (non-hydrogen) atoms. The lowest BCUT2D eigenvalue weighted by Gasteiger charge is -2.08. The van der Waals surface area contributed by atoms with E-state index in [4.69, 9.17) is 4.52 Å². The van der Waals surface area contributed by atoms with Gasteiger partial charge in [-0.2, -0.15) is 4.98 Å². The smallest absolute Gasteiger partial charge is 0.263 e. The molecule has 0 aliphatic heterocycles. The van der Waals surface area contributed by atoms with Crippen LogP contribution in [0.4, 0.5) is 5.82 Å². The van der Waals surface area contributed by atoms with E-state index < -0.39 is 0 Å². The second-order valence-corrected chi connectivity index (χ2v) is 6.09. The zero-order valence-corrected chi connectivity index (χ0v) is 14.2. The van der Waals surface area contributed by atoms with Crippen LogP contribution in [0, 0.1) is 13.8 Å². The third kappa shape index (κ3) is 2.96. The number of rotatable bonds is 4. The number of aryl methyl sites for hydroxylation is 2. The van der Waals surface area contributed by atoms with Gasteiger partial charge in [-0.05, 0) is 25.0 Å². The second-order valence-electron chi connectivity index (χ2n) is 6.09. The molecule has 0 bridgehead atoms. The van der Waals surface area contributed by atoms with E-state index in [9.17, 15) is 0 Å². The predicted molar refractivity (Wildman–Crippen MR) is 98.3 cm³/mol. The third-order valence-electron chi connectivity index (χ3n) is 4.25. The summed E-state index contributed by atoms with van der Waals surface area (Å²) in [6.45, 7) is 4.81. The molecule has 0 radical (unpaired) electrons. The van der Waals surface area contributed by atoms with E-state index in [1.165, 1.54) is 17.5 Å². The summed E-state index contributed by atoms with van der Waals surface area (Å²) in [6, 6.07) is 16.5. The summed E-state index contributed by atoms with van der Waals surface area (Å²) in [5.41, 5.74) is 5.83. The van der Waals surface area contributed by atoms with Crippen molar-refractivity contribution in [3.63, 3.8) is 0 Å². The Balaban J connectivity index is 1.73. The summed E-state index contributed by atoms with van der Waals surface area (Å²) in [4.78, 5) is 8.61. The van der Waals surface area contributed by atoms with Crippen molar-refractivity contribution in [2.45, 2.75) is 20.4 Å². The quantitative estimate of drug-likeness (QED) is 0.596. The van der Waals surface area contributed by atoms with E-state index in [0.29, 0.717) is 12.3 Å². The number of benzene rings is 2. The Kier molecular flexibility index (Phi) is 3.90. The Morgan fingerprint density at radius 1 is 0.960 bits per heavy atom. The molecule has 0 unspecified atom stereocenters. The summed E-state index contributed by atoms with van der Waals surface area (Å²) in [5, 5.41) is 8.43. The van der Waals surface area contributed by atoms with Gasteiger partial charge in [0.15, 0.2) is 0 Å². The maximum absolute atomic E-state index is 5.43. The Hall–Kier alpha value is -3.21. The van der Waals surface area contributed by atoms with Crippen LogP contribution in [-0.4, -0.2) is 15.1 Å². The van der Waals surface area contributed by atoms with Gasteiger partial charge in [-0.1, -0.05) is 59.3 Å². The van der Waals surface area contributed by atoms with Crippen LogP contribution in [0.15, 0.2) is 59.4 Å². The second kappa shape index (κ2) is 6.36. The monoisotopic (exact) mass is 330 g/mol. The van der Waals surface area contributed by atoms with Crippen LogP contribution in [0.2, 0.25) is 0 Å². The average Bonchev–Trinajstić information content (AvgIpc) is 3.06. The topological polar surface area (TPSA) is 63.8 Å². The summed E-state index contributed by atoms with van der Waals surface area (Å²) in [6.07, 6.45) is 1.49. The van der Waals surface area contributed by atoms with Crippen LogP contribution >= 0.6 is 0 Å². The lowest BCUT2D eigenvalue weighted by Crippen LogP contribution is -2.02. The van der Waals surface area contributed by atoms with Gasteiger partial charge in [0, 0.05) is 12.1 Å². The molecule has 0 aliphatic carbocycles. The molecule has 124 valence electrons. The van der Waals surface area contributed by atoms with Crippen LogP contribution in [-0.2, 0) is 6.54 Å².